The van der Waals surface area contributed by atoms with E-state index in [1.165, 1.54) is 0 Å². The third kappa shape index (κ3) is 2.66. The monoisotopic (exact) mass is 237 g/mol. The van der Waals surface area contributed by atoms with Crippen LogP contribution in [0.15, 0.2) is 12.4 Å². The summed E-state index contributed by atoms with van der Waals surface area (Å²) in [7, 11) is 0. The van der Waals surface area contributed by atoms with Crippen LogP contribution in [-0.2, 0) is 9.53 Å². The minimum absolute atomic E-state index is 0.0177. The molecule has 0 saturated carbocycles. The molecule has 5 heteroatoms. The van der Waals surface area contributed by atoms with E-state index in [4.69, 9.17) is 4.74 Å². The molecule has 3 unspecified atom stereocenters. The number of aromatic amines is 1. The van der Waals surface area contributed by atoms with E-state index in [-0.39, 0.29) is 24.0 Å². The average molecular weight is 237 g/mol. The van der Waals surface area contributed by atoms with E-state index in [0.29, 0.717) is 6.61 Å². The van der Waals surface area contributed by atoms with Gasteiger partial charge in [0, 0.05) is 19.0 Å². The highest BCUT2D eigenvalue weighted by atomic mass is 16.5. The van der Waals surface area contributed by atoms with Gasteiger partial charge in [-0.15, -0.1) is 0 Å². The van der Waals surface area contributed by atoms with E-state index >= 15 is 0 Å². The lowest BCUT2D eigenvalue weighted by atomic mass is 10.0. The van der Waals surface area contributed by atoms with Gasteiger partial charge in [0.1, 0.15) is 5.82 Å². The minimum atomic E-state index is -0.0368. The van der Waals surface area contributed by atoms with Crippen molar-refractivity contribution >= 4 is 5.91 Å². The van der Waals surface area contributed by atoms with Gasteiger partial charge in [0.2, 0.25) is 5.91 Å². The molecule has 1 aromatic rings. The minimum Gasteiger partial charge on any atom is -0.378 e. The van der Waals surface area contributed by atoms with Gasteiger partial charge in [-0.05, 0) is 19.8 Å². The van der Waals surface area contributed by atoms with Crippen LogP contribution in [-0.4, -0.2) is 28.6 Å². The fourth-order valence-electron chi connectivity index (χ4n) is 2.19. The van der Waals surface area contributed by atoms with Gasteiger partial charge < -0.3 is 15.0 Å². The van der Waals surface area contributed by atoms with Crippen LogP contribution in [0.2, 0.25) is 0 Å². The molecule has 1 aliphatic heterocycles. The first-order valence-electron chi connectivity index (χ1n) is 6.13. The number of carbonyl (C=O) groups is 1. The zero-order valence-electron chi connectivity index (χ0n) is 10.3. The number of rotatable bonds is 4. The van der Waals surface area contributed by atoms with Crippen LogP contribution < -0.4 is 5.32 Å². The zero-order valence-corrected chi connectivity index (χ0v) is 10.3. The van der Waals surface area contributed by atoms with Gasteiger partial charge in [0.05, 0.1) is 18.1 Å². The summed E-state index contributed by atoms with van der Waals surface area (Å²) in [5, 5.41) is 3.03. The normalized spacial score (nSPS) is 25.8. The van der Waals surface area contributed by atoms with Crippen LogP contribution in [0.25, 0.3) is 0 Å². The Balaban J connectivity index is 1.97. The zero-order chi connectivity index (χ0) is 12.3. The van der Waals surface area contributed by atoms with Crippen LogP contribution in [0.1, 0.15) is 38.6 Å². The topological polar surface area (TPSA) is 67.0 Å². The van der Waals surface area contributed by atoms with Crippen molar-refractivity contribution in [2.75, 3.05) is 6.61 Å². The highest BCUT2D eigenvalue weighted by Crippen LogP contribution is 2.22. The van der Waals surface area contributed by atoms with Crippen molar-refractivity contribution in [1.82, 2.24) is 15.3 Å². The molecule has 1 amide bonds. The lowest BCUT2D eigenvalue weighted by Gasteiger charge is -2.19. The maximum Gasteiger partial charge on any atom is 0.226 e. The molecule has 1 aromatic heterocycles. The second kappa shape index (κ2) is 5.31. The molecule has 2 heterocycles. The fourth-order valence-corrected chi connectivity index (χ4v) is 2.19. The summed E-state index contributed by atoms with van der Waals surface area (Å²) in [6.07, 6.45) is 5.11. The molecule has 94 valence electrons. The largest absolute Gasteiger partial charge is 0.378 e. The summed E-state index contributed by atoms with van der Waals surface area (Å²) >= 11 is 0. The van der Waals surface area contributed by atoms with Gasteiger partial charge in [-0.3, -0.25) is 4.79 Å². The average Bonchev–Trinajstić information content (AvgIpc) is 2.96. The van der Waals surface area contributed by atoms with E-state index in [0.717, 1.165) is 18.7 Å². The summed E-state index contributed by atoms with van der Waals surface area (Å²) in [4.78, 5) is 19.3. The van der Waals surface area contributed by atoms with Crippen molar-refractivity contribution in [1.29, 1.82) is 0 Å². The lowest BCUT2D eigenvalue weighted by Crippen LogP contribution is -2.36. The van der Waals surface area contributed by atoms with Crippen molar-refractivity contribution < 1.29 is 9.53 Å². The van der Waals surface area contributed by atoms with Gasteiger partial charge in [-0.1, -0.05) is 6.92 Å². The van der Waals surface area contributed by atoms with Crippen molar-refractivity contribution in [3.63, 3.8) is 0 Å². The first kappa shape index (κ1) is 12.1. The Kier molecular flexibility index (Phi) is 3.78. The molecule has 0 bridgehead atoms. The second-order valence-electron chi connectivity index (χ2n) is 4.41. The van der Waals surface area contributed by atoms with Gasteiger partial charge in [-0.2, -0.15) is 0 Å². The van der Waals surface area contributed by atoms with E-state index in [1.807, 2.05) is 13.8 Å². The summed E-state index contributed by atoms with van der Waals surface area (Å²) in [6.45, 7) is 4.66. The maximum absolute atomic E-state index is 12.1. The molecule has 0 aromatic carbocycles. The van der Waals surface area contributed by atoms with E-state index < -0.39 is 0 Å². The molecular weight excluding hydrogens is 218 g/mol. The molecule has 2 rings (SSSR count). The lowest BCUT2D eigenvalue weighted by molar-refractivity contribution is -0.127. The summed E-state index contributed by atoms with van der Waals surface area (Å²) in [5.41, 5.74) is 0. The highest BCUT2D eigenvalue weighted by Gasteiger charge is 2.32. The highest BCUT2D eigenvalue weighted by molar-refractivity contribution is 5.79. The number of aromatic nitrogens is 2. The molecule has 0 spiro atoms. The Morgan fingerprint density at radius 2 is 2.59 bits per heavy atom. The van der Waals surface area contributed by atoms with Crippen LogP contribution in [0.4, 0.5) is 0 Å². The van der Waals surface area contributed by atoms with Crippen molar-refractivity contribution in [3.8, 4) is 0 Å². The smallest absolute Gasteiger partial charge is 0.226 e. The standard InChI is InChI=1S/C12H19N3O2/c1-3-10(11-13-5-6-14-11)15-12(16)9-4-7-17-8(9)2/h5-6,8-10H,3-4,7H2,1-2H3,(H,13,14)(H,15,16). The first-order chi connectivity index (χ1) is 8.22. The fraction of sp³-hybridized carbons (Fsp3) is 0.667. The SMILES string of the molecule is CCC(NC(=O)C1CCOC1C)c1ncc[nH]1. The molecule has 5 nitrogen and oxygen atoms in total. The number of amides is 1. The first-order valence-corrected chi connectivity index (χ1v) is 6.13. The van der Waals surface area contributed by atoms with Crippen molar-refractivity contribution in [2.24, 2.45) is 5.92 Å². The van der Waals surface area contributed by atoms with Crippen LogP contribution in [0.3, 0.4) is 0 Å². The third-order valence-electron chi connectivity index (χ3n) is 3.29. The number of H-pyrrole nitrogens is 1. The molecule has 1 saturated heterocycles. The number of carbonyl (C=O) groups excluding carboxylic acids is 1. The summed E-state index contributed by atoms with van der Waals surface area (Å²) in [6, 6.07) is -0.0368. The number of ether oxygens (including phenoxy) is 1. The molecule has 17 heavy (non-hydrogen) atoms. The quantitative estimate of drug-likeness (QED) is 0.831. The predicted octanol–water partition coefficient (Wildman–Crippen LogP) is 1.40. The third-order valence-corrected chi connectivity index (χ3v) is 3.29. The van der Waals surface area contributed by atoms with E-state index in [9.17, 15) is 4.79 Å². The number of hydrogen-bond acceptors (Lipinski definition) is 3. The maximum atomic E-state index is 12.1. The van der Waals surface area contributed by atoms with Crippen molar-refractivity contribution in [3.05, 3.63) is 18.2 Å². The Hall–Kier alpha value is -1.36. The Bertz CT molecular complexity index is 364. The molecule has 0 radical (unpaired) electrons. The summed E-state index contributed by atoms with van der Waals surface area (Å²) < 4.78 is 5.41. The van der Waals surface area contributed by atoms with Crippen LogP contribution in [0.5, 0.6) is 0 Å². The predicted molar refractivity (Wildman–Crippen MR) is 63.3 cm³/mol. The number of hydrogen-bond donors (Lipinski definition) is 2. The van der Waals surface area contributed by atoms with Gasteiger partial charge in [-0.25, -0.2) is 4.98 Å². The summed E-state index contributed by atoms with van der Waals surface area (Å²) in [5.74, 6) is 0.852. The van der Waals surface area contributed by atoms with Gasteiger partial charge in [0.15, 0.2) is 0 Å². The molecule has 0 aliphatic carbocycles. The van der Waals surface area contributed by atoms with E-state index in [2.05, 4.69) is 15.3 Å². The Morgan fingerprint density at radius 3 is 3.12 bits per heavy atom. The molecule has 1 aliphatic rings. The number of nitrogens with one attached hydrogen (secondary N) is 2. The Labute approximate surface area is 101 Å². The molecular formula is C12H19N3O2. The van der Waals surface area contributed by atoms with Crippen LogP contribution in [0, 0.1) is 5.92 Å². The molecule has 2 N–H and O–H groups in total. The molecule has 3 atom stereocenters. The van der Waals surface area contributed by atoms with Crippen molar-refractivity contribution in [2.45, 2.75) is 38.8 Å². The second-order valence-corrected chi connectivity index (χ2v) is 4.41. The number of nitrogens with zero attached hydrogens (tertiary/aromatic N) is 1. The van der Waals surface area contributed by atoms with E-state index in [1.54, 1.807) is 12.4 Å². The van der Waals surface area contributed by atoms with Gasteiger partial charge >= 0.3 is 0 Å². The Morgan fingerprint density at radius 1 is 1.76 bits per heavy atom. The van der Waals surface area contributed by atoms with Gasteiger partial charge in [0.25, 0.3) is 0 Å². The molecule has 1 fully saturated rings. The van der Waals surface area contributed by atoms with Crippen LogP contribution >= 0.6 is 0 Å². The number of imidazole rings is 1.